The highest BCUT2D eigenvalue weighted by molar-refractivity contribution is 6.30. The maximum absolute atomic E-state index is 12.8. The van der Waals surface area contributed by atoms with Crippen LogP contribution in [0, 0.1) is 11.8 Å². The minimum atomic E-state index is -0.398. The molecule has 2 N–H and O–H groups in total. The SMILES string of the molecule is CC(=O)NC(CC(=O)N1CCC(C(=O)NC(C)C(C)C)CC1)c1ccc(Cl)cc1. The first kappa shape index (κ1) is 23.2. The van der Waals surface area contributed by atoms with E-state index in [0.717, 1.165) is 5.56 Å². The van der Waals surface area contributed by atoms with Gasteiger partial charge in [0.1, 0.15) is 0 Å². The quantitative estimate of drug-likeness (QED) is 0.708. The van der Waals surface area contributed by atoms with E-state index in [1.54, 1.807) is 17.0 Å². The largest absolute Gasteiger partial charge is 0.353 e. The number of piperidine rings is 1. The molecule has 2 unspecified atom stereocenters. The van der Waals surface area contributed by atoms with Crippen LogP contribution in [0.2, 0.25) is 5.02 Å². The highest BCUT2D eigenvalue weighted by Gasteiger charge is 2.29. The van der Waals surface area contributed by atoms with Crippen molar-refractivity contribution in [3.63, 3.8) is 0 Å². The lowest BCUT2D eigenvalue weighted by Gasteiger charge is -2.33. The maximum Gasteiger partial charge on any atom is 0.224 e. The molecule has 0 bridgehead atoms. The average molecular weight is 422 g/mol. The number of amides is 3. The molecule has 1 aliphatic heterocycles. The molecule has 2 rings (SSSR count). The van der Waals surface area contributed by atoms with E-state index < -0.39 is 6.04 Å². The Morgan fingerprint density at radius 1 is 1.07 bits per heavy atom. The second kappa shape index (κ2) is 10.6. The molecule has 1 saturated heterocycles. The summed E-state index contributed by atoms with van der Waals surface area (Å²) in [5.74, 6) is 0.206. The molecule has 1 aromatic carbocycles. The zero-order valence-electron chi connectivity index (χ0n) is 17.7. The topological polar surface area (TPSA) is 78.5 Å². The second-order valence-electron chi connectivity index (χ2n) is 8.21. The number of nitrogens with one attached hydrogen (secondary N) is 2. The Kier molecular flexibility index (Phi) is 8.50. The van der Waals surface area contributed by atoms with Crippen LogP contribution in [0.1, 0.15) is 58.6 Å². The summed E-state index contributed by atoms with van der Waals surface area (Å²) in [6, 6.07) is 6.88. The molecule has 3 amide bonds. The van der Waals surface area contributed by atoms with Crippen molar-refractivity contribution in [2.45, 2.75) is 59.0 Å². The Hall–Kier alpha value is -2.08. The first-order chi connectivity index (χ1) is 13.7. The van der Waals surface area contributed by atoms with Gasteiger partial charge in [0.15, 0.2) is 0 Å². The standard InChI is InChI=1S/C22H32ClN3O3/c1-14(2)15(3)24-22(29)18-9-11-26(12-10-18)21(28)13-20(25-16(4)27)17-5-7-19(23)8-6-17/h5-8,14-15,18,20H,9-13H2,1-4H3,(H,24,29)(H,25,27). The highest BCUT2D eigenvalue weighted by atomic mass is 35.5. The Morgan fingerprint density at radius 3 is 2.17 bits per heavy atom. The van der Waals surface area contributed by atoms with Gasteiger partial charge in [-0.25, -0.2) is 0 Å². The molecule has 160 valence electrons. The molecule has 0 aromatic heterocycles. The van der Waals surface area contributed by atoms with Crippen LogP contribution in [0.15, 0.2) is 24.3 Å². The number of nitrogens with zero attached hydrogens (tertiary/aromatic N) is 1. The molecule has 1 heterocycles. The molecular formula is C22H32ClN3O3. The van der Waals surface area contributed by atoms with Crippen molar-refractivity contribution in [3.05, 3.63) is 34.9 Å². The molecule has 6 nitrogen and oxygen atoms in total. The highest BCUT2D eigenvalue weighted by Crippen LogP contribution is 2.23. The van der Waals surface area contributed by atoms with Gasteiger partial charge in [-0.05, 0) is 43.4 Å². The third-order valence-electron chi connectivity index (χ3n) is 5.62. The molecule has 0 spiro atoms. The number of hydrogen-bond acceptors (Lipinski definition) is 3. The lowest BCUT2D eigenvalue weighted by molar-refractivity contribution is -0.136. The molecule has 0 aliphatic carbocycles. The van der Waals surface area contributed by atoms with Gasteiger partial charge in [0, 0.05) is 37.0 Å². The first-order valence-corrected chi connectivity index (χ1v) is 10.7. The van der Waals surface area contributed by atoms with Crippen molar-refractivity contribution in [1.29, 1.82) is 0 Å². The van der Waals surface area contributed by atoms with Gasteiger partial charge in [-0.2, -0.15) is 0 Å². The average Bonchev–Trinajstić information content (AvgIpc) is 2.67. The van der Waals surface area contributed by atoms with Gasteiger partial charge in [-0.3, -0.25) is 14.4 Å². The van der Waals surface area contributed by atoms with Crippen molar-refractivity contribution >= 4 is 29.3 Å². The summed E-state index contributed by atoms with van der Waals surface area (Å²) >= 11 is 5.94. The Morgan fingerprint density at radius 2 is 1.66 bits per heavy atom. The first-order valence-electron chi connectivity index (χ1n) is 10.3. The molecule has 1 fully saturated rings. The van der Waals surface area contributed by atoms with E-state index in [-0.39, 0.29) is 36.1 Å². The van der Waals surface area contributed by atoms with E-state index >= 15 is 0 Å². The van der Waals surface area contributed by atoms with Gasteiger partial charge >= 0.3 is 0 Å². The number of benzene rings is 1. The molecule has 1 aromatic rings. The van der Waals surface area contributed by atoms with Crippen molar-refractivity contribution in [2.75, 3.05) is 13.1 Å². The number of rotatable bonds is 7. The molecule has 2 atom stereocenters. The summed E-state index contributed by atoms with van der Waals surface area (Å²) in [5.41, 5.74) is 0.842. The summed E-state index contributed by atoms with van der Waals surface area (Å²) in [4.78, 5) is 38.6. The molecule has 0 saturated carbocycles. The second-order valence-corrected chi connectivity index (χ2v) is 8.64. The van der Waals surface area contributed by atoms with Crippen molar-refractivity contribution in [1.82, 2.24) is 15.5 Å². The van der Waals surface area contributed by atoms with Crippen LogP contribution in [0.3, 0.4) is 0 Å². The van der Waals surface area contributed by atoms with Crippen molar-refractivity contribution < 1.29 is 14.4 Å². The van der Waals surface area contributed by atoms with E-state index in [4.69, 9.17) is 11.6 Å². The van der Waals surface area contributed by atoms with Crippen LogP contribution in [0.4, 0.5) is 0 Å². The number of halogens is 1. The lowest BCUT2D eigenvalue weighted by Crippen LogP contribution is -2.46. The molecule has 0 radical (unpaired) electrons. The number of carbonyl (C=O) groups is 3. The van der Waals surface area contributed by atoms with Crippen LogP contribution in [0.5, 0.6) is 0 Å². The Labute approximate surface area is 178 Å². The van der Waals surface area contributed by atoms with Crippen LogP contribution in [0.25, 0.3) is 0 Å². The predicted octanol–water partition coefficient (Wildman–Crippen LogP) is 3.31. The zero-order valence-corrected chi connectivity index (χ0v) is 18.5. The monoisotopic (exact) mass is 421 g/mol. The van der Waals surface area contributed by atoms with Gasteiger partial charge in [-0.1, -0.05) is 37.6 Å². The summed E-state index contributed by atoms with van der Waals surface area (Å²) in [6.07, 6.45) is 1.50. The summed E-state index contributed by atoms with van der Waals surface area (Å²) in [7, 11) is 0. The van der Waals surface area contributed by atoms with E-state index in [9.17, 15) is 14.4 Å². The maximum atomic E-state index is 12.8. The summed E-state index contributed by atoms with van der Waals surface area (Å²) < 4.78 is 0. The fourth-order valence-electron chi connectivity index (χ4n) is 3.40. The molecule has 29 heavy (non-hydrogen) atoms. The zero-order chi connectivity index (χ0) is 21.6. The smallest absolute Gasteiger partial charge is 0.224 e. The van der Waals surface area contributed by atoms with Crippen LogP contribution in [-0.2, 0) is 14.4 Å². The lowest BCUT2D eigenvalue weighted by atomic mass is 9.94. The third kappa shape index (κ3) is 7.03. The Bertz CT molecular complexity index is 713. The predicted molar refractivity (Wildman–Crippen MR) is 114 cm³/mol. The van der Waals surface area contributed by atoms with Crippen molar-refractivity contribution in [3.8, 4) is 0 Å². The minimum absolute atomic E-state index is 0.0203. The minimum Gasteiger partial charge on any atom is -0.353 e. The van der Waals surface area contributed by atoms with Crippen LogP contribution in [-0.4, -0.2) is 41.8 Å². The molecule has 1 aliphatic rings. The van der Waals surface area contributed by atoms with Gasteiger partial charge < -0.3 is 15.5 Å². The van der Waals surface area contributed by atoms with Gasteiger partial charge in [0.05, 0.1) is 12.5 Å². The van der Waals surface area contributed by atoms with E-state index in [1.807, 2.05) is 19.1 Å². The van der Waals surface area contributed by atoms with E-state index in [2.05, 4.69) is 24.5 Å². The van der Waals surface area contributed by atoms with Crippen molar-refractivity contribution in [2.24, 2.45) is 11.8 Å². The molecular weight excluding hydrogens is 390 g/mol. The summed E-state index contributed by atoms with van der Waals surface area (Å²) in [5, 5.41) is 6.53. The fraction of sp³-hybridized carbons (Fsp3) is 0.591. The third-order valence-corrected chi connectivity index (χ3v) is 5.87. The number of carbonyl (C=O) groups excluding carboxylic acids is 3. The van der Waals surface area contributed by atoms with Gasteiger partial charge in [0.2, 0.25) is 17.7 Å². The normalized spacial score (nSPS) is 17.0. The fourth-order valence-corrected chi connectivity index (χ4v) is 3.52. The number of hydrogen-bond donors (Lipinski definition) is 2. The number of likely N-dealkylation sites (tertiary alicyclic amines) is 1. The molecule has 7 heteroatoms. The van der Waals surface area contributed by atoms with Gasteiger partial charge in [0.25, 0.3) is 0 Å². The van der Waals surface area contributed by atoms with Crippen LogP contribution < -0.4 is 10.6 Å². The van der Waals surface area contributed by atoms with Crippen LogP contribution >= 0.6 is 11.6 Å². The van der Waals surface area contributed by atoms with Gasteiger partial charge in [-0.15, -0.1) is 0 Å². The van der Waals surface area contributed by atoms with E-state index in [0.29, 0.717) is 36.9 Å². The summed E-state index contributed by atoms with van der Waals surface area (Å²) in [6.45, 7) is 8.73. The van der Waals surface area contributed by atoms with E-state index in [1.165, 1.54) is 6.92 Å². The Balaban J connectivity index is 1.92.